The monoisotopic (exact) mass is 426 g/mol. The average Bonchev–Trinajstić information content (AvgIpc) is 3.03. The molecule has 0 aliphatic carbocycles. The Kier molecular flexibility index (Phi) is 6.30. The number of piperidine rings is 1. The molecule has 0 bridgehead atoms. The number of carbonyl (C=O) groups is 1. The van der Waals surface area contributed by atoms with Crippen molar-refractivity contribution < 1.29 is 14.6 Å². The molecule has 1 N–H and O–H groups in total. The number of rotatable bonds is 6. The smallest absolute Gasteiger partial charge is 0.302 e. The van der Waals surface area contributed by atoms with Gasteiger partial charge < -0.3 is 9.84 Å². The van der Waals surface area contributed by atoms with E-state index >= 15 is 0 Å². The van der Waals surface area contributed by atoms with Gasteiger partial charge in [0, 0.05) is 10.4 Å². The summed E-state index contributed by atoms with van der Waals surface area (Å²) in [7, 11) is 0. The molecule has 30 heavy (non-hydrogen) atoms. The van der Waals surface area contributed by atoms with E-state index in [0.29, 0.717) is 23.1 Å². The van der Waals surface area contributed by atoms with Gasteiger partial charge in [-0.2, -0.15) is 0 Å². The molecule has 8 heteroatoms. The van der Waals surface area contributed by atoms with Crippen LogP contribution in [0.25, 0.3) is 10.9 Å². The summed E-state index contributed by atoms with van der Waals surface area (Å²) in [5, 5.41) is 20.0. The topological polar surface area (TPSA) is 79.4 Å². The SMILES string of the molecule is O=C(COc1ccc(Cl)cc1)N=Nc1c(O)n(CN2CCCCC2)c2ccccc12. The van der Waals surface area contributed by atoms with Crippen LogP contribution in [-0.2, 0) is 11.5 Å². The quantitative estimate of drug-likeness (QED) is 0.554. The lowest BCUT2D eigenvalue weighted by atomic mass is 10.1. The Morgan fingerprint density at radius 3 is 2.57 bits per heavy atom. The first-order valence-electron chi connectivity index (χ1n) is 9.97. The van der Waals surface area contributed by atoms with Crippen molar-refractivity contribution in [1.29, 1.82) is 0 Å². The Morgan fingerprint density at radius 2 is 1.80 bits per heavy atom. The zero-order valence-corrected chi connectivity index (χ0v) is 17.3. The summed E-state index contributed by atoms with van der Waals surface area (Å²) in [5.41, 5.74) is 1.15. The number of fused-ring (bicyclic) bond motifs is 1. The zero-order valence-electron chi connectivity index (χ0n) is 16.5. The van der Waals surface area contributed by atoms with Crippen LogP contribution in [-0.4, -0.2) is 40.2 Å². The highest BCUT2D eigenvalue weighted by Gasteiger charge is 2.19. The fraction of sp³-hybridized carbons (Fsp3) is 0.318. The number of para-hydroxylation sites is 1. The van der Waals surface area contributed by atoms with Gasteiger partial charge in [-0.1, -0.05) is 36.2 Å². The van der Waals surface area contributed by atoms with Crippen LogP contribution < -0.4 is 4.74 Å². The summed E-state index contributed by atoms with van der Waals surface area (Å²) in [4.78, 5) is 14.4. The Hall–Kier alpha value is -2.90. The summed E-state index contributed by atoms with van der Waals surface area (Å²) in [6, 6.07) is 14.3. The molecule has 3 aromatic rings. The summed E-state index contributed by atoms with van der Waals surface area (Å²) in [6.07, 6.45) is 3.57. The van der Waals surface area contributed by atoms with Gasteiger partial charge in [-0.3, -0.25) is 14.3 Å². The van der Waals surface area contributed by atoms with Gasteiger partial charge in [-0.15, -0.1) is 10.2 Å². The maximum absolute atomic E-state index is 12.1. The minimum absolute atomic E-state index is 0.0111. The molecule has 156 valence electrons. The Morgan fingerprint density at radius 1 is 1.07 bits per heavy atom. The normalized spacial score (nSPS) is 15.1. The predicted octanol–water partition coefficient (Wildman–Crippen LogP) is 5.13. The summed E-state index contributed by atoms with van der Waals surface area (Å²) in [6.45, 7) is 2.33. The van der Waals surface area contributed by atoms with Crippen LogP contribution in [0.15, 0.2) is 58.8 Å². The summed E-state index contributed by atoms with van der Waals surface area (Å²) >= 11 is 5.83. The average molecular weight is 427 g/mol. The highest BCUT2D eigenvalue weighted by Crippen LogP contribution is 2.39. The van der Waals surface area contributed by atoms with E-state index < -0.39 is 5.91 Å². The van der Waals surface area contributed by atoms with Gasteiger partial charge in [0.1, 0.15) is 5.75 Å². The second kappa shape index (κ2) is 9.28. The van der Waals surface area contributed by atoms with Crippen LogP contribution in [0.1, 0.15) is 19.3 Å². The van der Waals surface area contributed by atoms with Gasteiger partial charge in [-0.25, -0.2) is 0 Å². The number of aromatic hydroxyl groups is 1. The van der Waals surface area contributed by atoms with Gasteiger partial charge >= 0.3 is 5.91 Å². The lowest BCUT2D eigenvalue weighted by Crippen LogP contribution is -2.31. The van der Waals surface area contributed by atoms with E-state index in [1.165, 1.54) is 6.42 Å². The fourth-order valence-electron chi connectivity index (χ4n) is 3.62. The largest absolute Gasteiger partial charge is 0.493 e. The summed E-state index contributed by atoms with van der Waals surface area (Å²) in [5.74, 6) is -0.0157. The number of ether oxygens (including phenoxy) is 1. The van der Waals surface area contributed by atoms with E-state index in [-0.39, 0.29) is 12.5 Å². The standard InChI is InChI=1S/C22H23ClN4O3/c23-16-8-10-17(11-9-16)30-14-20(28)24-25-21-18-6-2-3-7-19(18)27(22(21)29)15-26-12-4-1-5-13-26/h2-3,6-11,29H,1,4-5,12-15H2. The molecule has 1 aromatic heterocycles. The molecule has 0 atom stereocenters. The molecular weight excluding hydrogens is 404 g/mol. The highest BCUT2D eigenvalue weighted by molar-refractivity contribution is 6.30. The molecule has 1 fully saturated rings. The number of benzene rings is 2. The lowest BCUT2D eigenvalue weighted by Gasteiger charge is -2.27. The van der Waals surface area contributed by atoms with Crippen molar-refractivity contribution in [2.45, 2.75) is 25.9 Å². The van der Waals surface area contributed by atoms with Crippen molar-refractivity contribution in [3.05, 3.63) is 53.6 Å². The molecular formula is C22H23ClN4O3. The third-order valence-electron chi connectivity index (χ3n) is 5.15. The molecule has 0 saturated carbocycles. The molecule has 1 aliphatic rings. The van der Waals surface area contributed by atoms with Crippen molar-refractivity contribution in [1.82, 2.24) is 9.47 Å². The zero-order chi connectivity index (χ0) is 20.9. The number of hydrogen-bond donors (Lipinski definition) is 1. The maximum atomic E-state index is 12.1. The first-order chi connectivity index (χ1) is 14.6. The van der Waals surface area contributed by atoms with Crippen molar-refractivity contribution >= 4 is 34.1 Å². The lowest BCUT2D eigenvalue weighted by molar-refractivity contribution is -0.120. The maximum Gasteiger partial charge on any atom is 0.302 e. The van der Waals surface area contributed by atoms with E-state index in [2.05, 4.69) is 15.1 Å². The Labute approximate surface area is 179 Å². The number of likely N-dealkylation sites (tertiary alicyclic amines) is 1. The highest BCUT2D eigenvalue weighted by atomic mass is 35.5. The fourth-order valence-corrected chi connectivity index (χ4v) is 3.75. The van der Waals surface area contributed by atoms with Gasteiger partial charge in [0.05, 0.1) is 12.2 Å². The second-order valence-electron chi connectivity index (χ2n) is 7.27. The predicted molar refractivity (Wildman–Crippen MR) is 115 cm³/mol. The molecule has 4 rings (SSSR count). The van der Waals surface area contributed by atoms with Crippen LogP contribution in [0, 0.1) is 0 Å². The number of aromatic nitrogens is 1. The molecule has 7 nitrogen and oxygen atoms in total. The number of nitrogens with zero attached hydrogens (tertiary/aromatic N) is 4. The number of hydrogen-bond acceptors (Lipinski definition) is 5. The number of amides is 1. The Bertz CT molecular complexity index is 1060. The third-order valence-corrected chi connectivity index (χ3v) is 5.40. The van der Waals surface area contributed by atoms with Crippen LogP contribution in [0.5, 0.6) is 11.6 Å². The van der Waals surface area contributed by atoms with Gasteiger partial charge in [0.15, 0.2) is 12.3 Å². The molecule has 2 aromatic carbocycles. The van der Waals surface area contributed by atoms with E-state index in [1.807, 2.05) is 28.8 Å². The first-order valence-corrected chi connectivity index (χ1v) is 10.3. The van der Waals surface area contributed by atoms with Crippen LogP contribution >= 0.6 is 11.6 Å². The molecule has 2 heterocycles. The molecule has 1 saturated heterocycles. The molecule has 1 amide bonds. The number of halogens is 1. The second-order valence-corrected chi connectivity index (χ2v) is 7.71. The van der Waals surface area contributed by atoms with Crippen molar-refractivity contribution in [2.75, 3.05) is 19.7 Å². The van der Waals surface area contributed by atoms with E-state index in [4.69, 9.17) is 16.3 Å². The summed E-state index contributed by atoms with van der Waals surface area (Å²) < 4.78 is 7.22. The van der Waals surface area contributed by atoms with E-state index in [0.717, 1.165) is 36.8 Å². The third kappa shape index (κ3) is 4.63. The minimum Gasteiger partial charge on any atom is -0.493 e. The molecule has 0 spiro atoms. The molecule has 0 radical (unpaired) electrons. The van der Waals surface area contributed by atoms with E-state index in [9.17, 15) is 9.90 Å². The first kappa shape index (κ1) is 20.4. The molecule has 0 unspecified atom stereocenters. The Balaban J connectivity index is 1.50. The van der Waals surface area contributed by atoms with Gasteiger partial charge in [0.2, 0.25) is 5.88 Å². The van der Waals surface area contributed by atoms with Crippen molar-refractivity contribution in [3.8, 4) is 11.6 Å². The minimum atomic E-state index is -0.544. The van der Waals surface area contributed by atoms with Crippen LogP contribution in [0.4, 0.5) is 5.69 Å². The number of carbonyl (C=O) groups excluding carboxylic acids is 1. The van der Waals surface area contributed by atoms with Crippen molar-refractivity contribution in [3.63, 3.8) is 0 Å². The van der Waals surface area contributed by atoms with Crippen molar-refractivity contribution in [2.24, 2.45) is 10.2 Å². The molecule has 1 aliphatic heterocycles. The van der Waals surface area contributed by atoms with Crippen LogP contribution in [0.2, 0.25) is 5.02 Å². The number of azo groups is 1. The van der Waals surface area contributed by atoms with Crippen LogP contribution in [0.3, 0.4) is 0 Å². The van der Waals surface area contributed by atoms with Gasteiger partial charge in [0.25, 0.3) is 0 Å². The van der Waals surface area contributed by atoms with Gasteiger partial charge in [-0.05, 0) is 56.3 Å². The van der Waals surface area contributed by atoms with E-state index in [1.54, 1.807) is 24.3 Å².